The summed E-state index contributed by atoms with van der Waals surface area (Å²) < 4.78 is 1.71. The predicted molar refractivity (Wildman–Crippen MR) is 113 cm³/mol. The van der Waals surface area contributed by atoms with Crippen molar-refractivity contribution in [3.63, 3.8) is 0 Å². The molecule has 0 saturated heterocycles. The fraction of sp³-hybridized carbons (Fsp3) is 0.533. The van der Waals surface area contributed by atoms with Crippen molar-refractivity contribution in [2.24, 2.45) is 12.0 Å². The second-order valence-electron chi connectivity index (χ2n) is 5.56. The molecule has 11 heteroatoms. The predicted octanol–water partition coefficient (Wildman–Crippen LogP) is 0.0365. The molecule has 0 aromatic carbocycles. The second-order valence-corrected chi connectivity index (χ2v) is 5.56. The van der Waals surface area contributed by atoms with Gasteiger partial charge in [-0.25, -0.2) is 15.0 Å². The standard InChI is InChI=1S/C15H25N9O.HI/c1-5-16-15(19-9-12(25)23(2)3)18-7-6-17-13-11-8-22-24(4)14(11)21-10-20-13;/h8,10H,5-7,9H2,1-4H3,(H2,16,18,19)(H,17,20,21);1H. The number of halogens is 1. The Morgan fingerprint density at radius 2 is 2.04 bits per heavy atom. The summed E-state index contributed by atoms with van der Waals surface area (Å²) in [7, 11) is 5.26. The maximum absolute atomic E-state index is 11.6. The van der Waals surface area contributed by atoms with Crippen molar-refractivity contribution in [2.75, 3.05) is 45.6 Å². The molecule has 3 N–H and O–H groups in total. The topological polar surface area (TPSA) is 112 Å². The van der Waals surface area contributed by atoms with E-state index in [9.17, 15) is 4.79 Å². The summed E-state index contributed by atoms with van der Waals surface area (Å²) in [6.45, 7) is 4.06. The quantitative estimate of drug-likeness (QED) is 0.224. The number of aryl methyl sites for hydroxylation is 1. The molecular weight excluding hydrogens is 449 g/mol. The average Bonchev–Trinajstić information content (AvgIpc) is 2.98. The van der Waals surface area contributed by atoms with Crippen molar-refractivity contribution in [2.45, 2.75) is 6.92 Å². The molecule has 144 valence electrons. The Balaban J connectivity index is 0.00000338. The van der Waals surface area contributed by atoms with Crippen LogP contribution in [0, 0.1) is 0 Å². The zero-order valence-electron chi connectivity index (χ0n) is 15.5. The minimum atomic E-state index is -0.0460. The molecule has 0 atom stereocenters. The number of likely N-dealkylation sites (N-methyl/N-ethyl adjacent to an activating group) is 1. The highest BCUT2D eigenvalue weighted by atomic mass is 127. The average molecular weight is 475 g/mol. The van der Waals surface area contributed by atoms with Gasteiger partial charge in [0.1, 0.15) is 18.7 Å². The van der Waals surface area contributed by atoms with Crippen molar-refractivity contribution in [3.05, 3.63) is 12.5 Å². The van der Waals surface area contributed by atoms with Gasteiger partial charge < -0.3 is 20.9 Å². The van der Waals surface area contributed by atoms with E-state index in [-0.39, 0.29) is 36.4 Å². The molecule has 1 amide bonds. The minimum absolute atomic E-state index is 0. The first-order chi connectivity index (χ1) is 12.0. The van der Waals surface area contributed by atoms with E-state index in [1.807, 2.05) is 14.0 Å². The highest BCUT2D eigenvalue weighted by Crippen LogP contribution is 2.16. The Hall–Kier alpha value is -2.18. The van der Waals surface area contributed by atoms with Crippen LogP contribution in [-0.4, -0.2) is 76.8 Å². The molecule has 0 saturated carbocycles. The molecule has 0 radical (unpaired) electrons. The van der Waals surface area contributed by atoms with Crippen LogP contribution in [0.2, 0.25) is 0 Å². The van der Waals surface area contributed by atoms with Gasteiger partial charge in [-0.3, -0.25) is 9.48 Å². The number of aromatic nitrogens is 4. The largest absolute Gasteiger partial charge is 0.368 e. The number of carbonyl (C=O) groups excluding carboxylic acids is 1. The molecule has 2 aromatic heterocycles. The van der Waals surface area contributed by atoms with Crippen molar-refractivity contribution >= 4 is 52.7 Å². The summed E-state index contributed by atoms with van der Waals surface area (Å²) in [5.41, 5.74) is 0.780. The summed E-state index contributed by atoms with van der Waals surface area (Å²) in [5.74, 6) is 1.30. The van der Waals surface area contributed by atoms with Crippen LogP contribution in [0.5, 0.6) is 0 Å². The molecule has 26 heavy (non-hydrogen) atoms. The van der Waals surface area contributed by atoms with E-state index in [0.29, 0.717) is 19.0 Å². The van der Waals surface area contributed by atoms with Crippen LogP contribution in [0.25, 0.3) is 11.0 Å². The molecule has 0 bridgehead atoms. The number of carbonyl (C=O) groups is 1. The highest BCUT2D eigenvalue weighted by Gasteiger charge is 2.07. The van der Waals surface area contributed by atoms with E-state index in [2.05, 4.69) is 36.0 Å². The molecule has 0 fully saturated rings. The van der Waals surface area contributed by atoms with Gasteiger partial charge in [-0.15, -0.1) is 24.0 Å². The molecular formula is C15H26IN9O. The van der Waals surface area contributed by atoms with Gasteiger partial charge in [0, 0.05) is 40.8 Å². The fourth-order valence-corrected chi connectivity index (χ4v) is 2.09. The van der Waals surface area contributed by atoms with Gasteiger partial charge in [0.25, 0.3) is 0 Å². The number of anilines is 1. The third-order valence-corrected chi connectivity index (χ3v) is 3.45. The Morgan fingerprint density at radius 1 is 1.27 bits per heavy atom. The van der Waals surface area contributed by atoms with Gasteiger partial charge in [-0.2, -0.15) is 5.10 Å². The SMILES string of the molecule is CCNC(=NCC(=O)N(C)C)NCCNc1ncnc2c1cnn2C.I. The molecule has 2 rings (SSSR count). The first-order valence-electron chi connectivity index (χ1n) is 8.11. The first kappa shape index (κ1) is 21.9. The number of amides is 1. The summed E-state index contributed by atoms with van der Waals surface area (Å²) in [6, 6.07) is 0. The molecule has 0 aliphatic carbocycles. The van der Waals surface area contributed by atoms with E-state index in [4.69, 9.17) is 0 Å². The minimum Gasteiger partial charge on any atom is -0.368 e. The number of nitrogens with zero attached hydrogens (tertiary/aromatic N) is 6. The normalized spacial score (nSPS) is 11.0. The van der Waals surface area contributed by atoms with Gasteiger partial charge in [-0.05, 0) is 6.92 Å². The molecule has 0 unspecified atom stereocenters. The van der Waals surface area contributed by atoms with E-state index >= 15 is 0 Å². The number of hydrogen-bond donors (Lipinski definition) is 3. The van der Waals surface area contributed by atoms with Gasteiger partial charge in [0.15, 0.2) is 11.6 Å². The van der Waals surface area contributed by atoms with Crippen LogP contribution in [0.4, 0.5) is 5.82 Å². The van der Waals surface area contributed by atoms with Crippen LogP contribution in [0.15, 0.2) is 17.5 Å². The summed E-state index contributed by atoms with van der Waals surface area (Å²) in [6.07, 6.45) is 3.25. The Bertz CT molecular complexity index is 744. The van der Waals surface area contributed by atoms with Crippen molar-refractivity contribution in [3.8, 4) is 0 Å². The van der Waals surface area contributed by atoms with E-state index in [1.54, 1.807) is 25.0 Å². The lowest BCUT2D eigenvalue weighted by Gasteiger charge is -2.13. The van der Waals surface area contributed by atoms with Crippen LogP contribution >= 0.6 is 24.0 Å². The Labute approximate surface area is 169 Å². The van der Waals surface area contributed by atoms with Gasteiger partial charge in [0.05, 0.1) is 11.6 Å². The van der Waals surface area contributed by atoms with Crippen molar-refractivity contribution in [1.82, 2.24) is 35.3 Å². The summed E-state index contributed by atoms with van der Waals surface area (Å²) in [4.78, 5) is 25.9. The number of rotatable bonds is 7. The zero-order chi connectivity index (χ0) is 18.2. The maximum Gasteiger partial charge on any atom is 0.243 e. The lowest BCUT2D eigenvalue weighted by molar-refractivity contribution is -0.127. The van der Waals surface area contributed by atoms with Crippen molar-refractivity contribution < 1.29 is 4.79 Å². The van der Waals surface area contributed by atoms with Crippen LogP contribution in [0.1, 0.15) is 6.92 Å². The van der Waals surface area contributed by atoms with Crippen LogP contribution in [0.3, 0.4) is 0 Å². The van der Waals surface area contributed by atoms with Crippen LogP contribution < -0.4 is 16.0 Å². The monoisotopic (exact) mass is 475 g/mol. The van der Waals surface area contributed by atoms with Gasteiger partial charge in [-0.1, -0.05) is 0 Å². The van der Waals surface area contributed by atoms with E-state index in [0.717, 1.165) is 23.4 Å². The third kappa shape index (κ3) is 5.97. The summed E-state index contributed by atoms with van der Waals surface area (Å²) >= 11 is 0. The highest BCUT2D eigenvalue weighted by molar-refractivity contribution is 14.0. The number of guanidine groups is 1. The number of hydrogen-bond acceptors (Lipinski definition) is 6. The van der Waals surface area contributed by atoms with E-state index in [1.165, 1.54) is 11.2 Å². The molecule has 0 aliphatic rings. The molecule has 0 spiro atoms. The van der Waals surface area contributed by atoms with Gasteiger partial charge in [0.2, 0.25) is 5.91 Å². The van der Waals surface area contributed by atoms with E-state index < -0.39 is 0 Å². The number of aliphatic imine (C=N–C) groups is 1. The van der Waals surface area contributed by atoms with Gasteiger partial charge >= 0.3 is 0 Å². The second kappa shape index (κ2) is 10.7. The number of fused-ring (bicyclic) bond motifs is 1. The molecule has 10 nitrogen and oxygen atoms in total. The Morgan fingerprint density at radius 3 is 2.73 bits per heavy atom. The maximum atomic E-state index is 11.6. The smallest absolute Gasteiger partial charge is 0.243 e. The lowest BCUT2D eigenvalue weighted by atomic mass is 10.4. The van der Waals surface area contributed by atoms with Crippen LogP contribution in [-0.2, 0) is 11.8 Å². The lowest BCUT2D eigenvalue weighted by Crippen LogP contribution is -2.40. The number of nitrogens with one attached hydrogen (secondary N) is 3. The summed E-state index contributed by atoms with van der Waals surface area (Å²) in [5, 5.41) is 14.6. The fourth-order valence-electron chi connectivity index (χ4n) is 2.09. The third-order valence-electron chi connectivity index (χ3n) is 3.45. The molecule has 2 aromatic rings. The molecule has 2 heterocycles. The Kier molecular flexibility index (Phi) is 9.02. The zero-order valence-corrected chi connectivity index (χ0v) is 17.8. The molecule has 0 aliphatic heterocycles. The van der Waals surface area contributed by atoms with Crippen molar-refractivity contribution in [1.29, 1.82) is 0 Å². The first-order valence-corrected chi connectivity index (χ1v) is 8.11.